The van der Waals surface area contributed by atoms with Gasteiger partial charge < -0.3 is 5.11 Å². The molecule has 33 heavy (non-hydrogen) atoms. The third kappa shape index (κ3) is 4.29. The second-order valence-corrected chi connectivity index (χ2v) is 8.54. The standard InChI is InChI=1S/C24H23F2N5O2/c25-18-7-6-17(21(26)12-18)14-29-10-8-24(33,9-11-29)15-30-16-27-22-20(23(30)32)13-28-31(22)19-4-2-1-3-5-19/h1-7,12-13,16,33H,8-11,14-15H2. The lowest BCUT2D eigenvalue weighted by Crippen LogP contribution is -2.47. The van der Waals surface area contributed by atoms with Crippen molar-refractivity contribution in [2.45, 2.75) is 31.5 Å². The number of nitrogens with zero attached hydrogens (tertiary/aromatic N) is 5. The molecular weight excluding hydrogens is 428 g/mol. The predicted octanol–water partition coefficient (Wildman–Crippen LogP) is 2.89. The summed E-state index contributed by atoms with van der Waals surface area (Å²) in [5.74, 6) is -1.17. The van der Waals surface area contributed by atoms with Crippen LogP contribution in [0.3, 0.4) is 0 Å². The SMILES string of the molecule is O=c1c2cnn(-c3ccccc3)c2ncn1CC1(O)CCN(Cc2ccc(F)cc2F)CC1. The number of rotatable bonds is 5. The van der Waals surface area contributed by atoms with Gasteiger partial charge in [-0.15, -0.1) is 0 Å². The third-order valence-corrected chi connectivity index (χ3v) is 6.22. The molecule has 2 aromatic carbocycles. The number of para-hydroxylation sites is 1. The molecule has 4 aromatic rings. The highest BCUT2D eigenvalue weighted by Gasteiger charge is 2.33. The molecule has 3 heterocycles. The van der Waals surface area contributed by atoms with Crippen molar-refractivity contribution in [3.63, 3.8) is 0 Å². The molecular formula is C24H23F2N5O2. The van der Waals surface area contributed by atoms with Gasteiger partial charge in [-0.25, -0.2) is 18.4 Å². The number of piperidine rings is 1. The minimum absolute atomic E-state index is 0.115. The summed E-state index contributed by atoms with van der Waals surface area (Å²) in [6.07, 6.45) is 3.79. The topological polar surface area (TPSA) is 76.2 Å². The number of fused-ring (bicyclic) bond motifs is 1. The largest absolute Gasteiger partial charge is 0.388 e. The van der Waals surface area contributed by atoms with Crippen molar-refractivity contribution in [2.75, 3.05) is 13.1 Å². The molecule has 0 bridgehead atoms. The van der Waals surface area contributed by atoms with E-state index in [2.05, 4.69) is 10.1 Å². The van der Waals surface area contributed by atoms with Crippen LogP contribution in [-0.2, 0) is 13.1 Å². The minimum Gasteiger partial charge on any atom is -0.388 e. The van der Waals surface area contributed by atoms with Crippen LogP contribution < -0.4 is 5.56 Å². The molecule has 0 aliphatic carbocycles. The van der Waals surface area contributed by atoms with Crippen molar-refractivity contribution in [3.05, 3.63) is 88.6 Å². The van der Waals surface area contributed by atoms with Gasteiger partial charge in [-0.3, -0.25) is 14.3 Å². The van der Waals surface area contributed by atoms with Crippen molar-refractivity contribution in [3.8, 4) is 5.69 Å². The molecule has 1 saturated heterocycles. The molecule has 1 aliphatic heterocycles. The second-order valence-electron chi connectivity index (χ2n) is 8.54. The lowest BCUT2D eigenvalue weighted by molar-refractivity contribution is -0.0366. The molecule has 0 atom stereocenters. The van der Waals surface area contributed by atoms with Crippen molar-refractivity contribution >= 4 is 11.0 Å². The Morgan fingerprint density at radius 3 is 2.55 bits per heavy atom. The molecule has 0 amide bonds. The van der Waals surface area contributed by atoms with Crippen LogP contribution in [0.25, 0.3) is 16.7 Å². The fourth-order valence-corrected chi connectivity index (χ4v) is 4.31. The van der Waals surface area contributed by atoms with Crippen LogP contribution >= 0.6 is 0 Å². The quantitative estimate of drug-likeness (QED) is 0.505. The van der Waals surface area contributed by atoms with E-state index in [-0.39, 0.29) is 12.1 Å². The summed E-state index contributed by atoms with van der Waals surface area (Å²) in [7, 11) is 0. The normalized spacial score (nSPS) is 16.3. The summed E-state index contributed by atoms with van der Waals surface area (Å²) in [5, 5.41) is 15.8. The third-order valence-electron chi connectivity index (χ3n) is 6.22. The Kier molecular flexibility index (Phi) is 5.51. The van der Waals surface area contributed by atoms with Gasteiger partial charge in [-0.05, 0) is 31.0 Å². The fourth-order valence-electron chi connectivity index (χ4n) is 4.31. The van der Waals surface area contributed by atoms with Gasteiger partial charge in [-0.1, -0.05) is 24.3 Å². The average Bonchev–Trinajstić information content (AvgIpc) is 3.25. The first-order valence-corrected chi connectivity index (χ1v) is 10.8. The maximum absolute atomic E-state index is 14.0. The summed E-state index contributed by atoms with van der Waals surface area (Å²) >= 11 is 0. The van der Waals surface area contributed by atoms with Crippen LogP contribution in [0.15, 0.2) is 65.8 Å². The van der Waals surface area contributed by atoms with Crippen molar-refractivity contribution in [1.29, 1.82) is 0 Å². The van der Waals surface area contributed by atoms with Crippen molar-refractivity contribution < 1.29 is 13.9 Å². The highest BCUT2D eigenvalue weighted by Crippen LogP contribution is 2.26. The lowest BCUT2D eigenvalue weighted by Gasteiger charge is -2.38. The predicted molar refractivity (Wildman–Crippen MR) is 119 cm³/mol. The second kappa shape index (κ2) is 8.49. The maximum Gasteiger partial charge on any atom is 0.264 e. The van der Waals surface area contributed by atoms with Gasteiger partial charge in [0.25, 0.3) is 5.56 Å². The number of aromatic nitrogens is 4. The van der Waals surface area contributed by atoms with Crippen LogP contribution in [0.4, 0.5) is 8.78 Å². The molecule has 0 spiro atoms. The summed E-state index contributed by atoms with van der Waals surface area (Å²) in [6, 6.07) is 13.0. The molecule has 9 heteroatoms. The Hall–Kier alpha value is -3.43. The molecule has 1 aliphatic rings. The number of halogens is 2. The van der Waals surface area contributed by atoms with E-state index in [1.807, 2.05) is 35.2 Å². The lowest BCUT2D eigenvalue weighted by atomic mass is 9.91. The van der Waals surface area contributed by atoms with Gasteiger partial charge >= 0.3 is 0 Å². The summed E-state index contributed by atoms with van der Waals surface area (Å²) in [5.41, 5.74) is 0.354. The molecule has 170 valence electrons. The molecule has 0 saturated carbocycles. The first-order chi connectivity index (χ1) is 15.9. The Balaban J connectivity index is 1.30. The highest BCUT2D eigenvalue weighted by atomic mass is 19.1. The van der Waals surface area contributed by atoms with E-state index in [1.165, 1.54) is 29.2 Å². The molecule has 1 N–H and O–H groups in total. The van der Waals surface area contributed by atoms with Gasteiger partial charge in [0.15, 0.2) is 5.65 Å². The van der Waals surface area contributed by atoms with Crippen LogP contribution in [0.1, 0.15) is 18.4 Å². The van der Waals surface area contributed by atoms with E-state index in [0.29, 0.717) is 49.1 Å². The first kappa shape index (κ1) is 21.4. The summed E-state index contributed by atoms with van der Waals surface area (Å²) < 4.78 is 30.1. The Morgan fingerprint density at radius 2 is 1.82 bits per heavy atom. The zero-order valence-electron chi connectivity index (χ0n) is 17.9. The van der Waals surface area contributed by atoms with Crippen molar-refractivity contribution in [2.24, 2.45) is 0 Å². The van der Waals surface area contributed by atoms with Crippen LogP contribution in [0.5, 0.6) is 0 Å². The zero-order chi connectivity index (χ0) is 23.0. The number of aliphatic hydroxyl groups is 1. The van der Waals surface area contributed by atoms with Crippen LogP contribution in [-0.4, -0.2) is 48.0 Å². The number of hydrogen-bond acceptors (Lipinski definition) is 5. The number of benzene rings is 2. The minimum atomic E-state index is -1.08. The van der Waals surface area contributed by atoms with E-state index in [0.717, 1.165) is 11.8 Å². The zero-order valence-corrected chi connectivity index (χ0v) is 17.9. The van der Waals surface area contributed by atoms with Gasteiger partial charge in [0.1, 0.15) is 23.3 Å². The number of likely N-dealkylation sites (tertiary alicyclic amines) is 1. The molecule has 1 fully saturated rings. The maximum atomic E-state index is 14.0. The smallest absolute Gasteiger partial charge is 0.264 e. The fraction of sp³-hybridized carbons (Fsp3) is 0.292. The van der Waals surface area contributed by atoms with Gasteiger partial charge in [0, 0.05) is 31.3 Å². The average molecular weight is 451 g/mol. The monoisotopic (exact) mass is 451 g/mol. The molecule has 0 unspecified atom stereocenters. The van der Waals surface area contributed by atoms with E-state index in [4.69, 9.17) is 0 Å². The Bertz CT molecular complexity index is 1340. The van der Waals surface area contributed by atoms with E-state index in [1.54, 1.807) is 4.68 Å². The highest BCUT2D eigenvalue weighted by molar-refractivity contribution is 5.74. The van der Waals surface area contributed by atoms with Gasteiger partial charge in [0.2, 0.25) is 0 Å². The Morgan fingerprint density at radius 1 is 1.06 bits per heavy atom. The first-order valence-electron chi connectivity index (χ1n) is 10.8. The molecule has 5 rings (SSSR count). The summed E-state index contributed by atoms with van der Waals surface area (Å²) in [4.78, 5) is 19.5. The van der Waals surface area contributed by atoms with Crippen LogP contribution in [0.2, 0.25) is 0 Å². The summed E-state index contributed by atoms with van der Waals surface area (Å²) in [6.45, 7) is 1.52. The van der Waals surface area contributed by atoms with Crippen molar-refractivity contribution in [1.82, 2.24) is 24.2 Å². The molecule has 0 radical (unpaired) electrons. The van der Waals surface area contributed by atoms with E-state index in [9.17, 15) is 18.7 Å². The van der Waals surface area contributed by atoms with Gasteiger partial charge in [-0.2, -0.15) is 5.10 Å². The molecule has 2 aromatic heterocycles. The Labute approximate surface area is 188 Å². The van der Waals surface area contributed by atoms with Crippen LogP contribution in [0, 0.1) is 11.6 Å². The van der Waals surface area contributed by atoms with E-state index >= 15 is 0 Å². The van der Waals surface area contributed by atoms with E-state index < -0.39 is 17.2 Å². The van der Waals surface area contributed by atoms with Gasteiger partial charge in [0.05, 0.1) is 24.0 Å². The molecule has 7 nitrogen and oxygen atoms in total. The number of hydrogen-bond donors (Lipinski definition) is 1.